The van der Waals surface area contributed by atoms with Crippen molar-refractivity contribution in [3.63, 3.8) is 0 Å². The molecule has 1 aliphatic rings. The van der Waals surface area contributed by atoms with Gasteiger partial charge in [0, 0.05) is 6.42 Å². The average Bonchev–Trinajstić information content (AvgIpc) is 2.38. The fourth-order valence-corrected chi connectivity index (χ4v) is 1.79. The number of rotatable bonds is 5. The highest BCUT2D eigenvalue weighted by molar-refractivity contribution is 6.01. The molecule has 1 saturated heterocycles. The highest BCUT2D eigenvalue weighted by Gasteiger charge is 2.27. The van der Waals surface area contributed by atoms with Gasteiger partial charge < -0.3 is 5.32 Å². The standard InChI is InChI=1S/C14H20N2O3/c1-3-5-6-10(4-2)9-13(18)15-11-7-8-12(17)16-14(11)19/h4-6,11H,3,7-9H2,1-2H3,(H,15,18)(H,16,17,19)/b6-5-,10-4+. The fourth-order valence-electron chi connectivity index (χ4n) is 1.79. The molecular formula is C14H20N2O3. The minimum absolute atomic E-state index is 0.205. The molecule has 0 saturated carbocycles. The van der Waals surface area contributed by atoms with Crippen LogP contribution in [0.5, 0.6) is 0 Å². The molecule has 0 aromatic heterocycles. The molecule has 0 aromatic carbocycles. The molecule has 104 valence electrons. The van der Waals surface area contributed by atoms with Crippen LogP contribution in [0.2, 0.25) is 0 Å². The Morgan fingerprint density at radius 3 is 2.79 bits per heavy atom. The van der Waals surface area contributed by atoms with Gasteiger partial charge in [0.05, 0.1) is 6.42 Å². The largest absolute Gasteiger partial charge is 0.344 e. The summed E-state index contributed by atoms with van der Waals surface area (Å²) in [6, 6.07) is -0.599. The molecule has 1 atom stereocenters. The number of carbonyl (C=O) groups is 3. The first-order valence-electron chi connectivity index (χ1n) is 6.51. The number of carbonyl (C=O) groups excluding carboxylic acids is 3. The van der Waals surface area contributed by atoms with E-state index in [9.17, 15) is 14.4 Å². The molecule has 5 nitrogen and oxygen atoms in total. The zero-order chi connectivity index (χ0) is 14.3. The summed E-state index contributed by atoms with van der Waals surface area (Å²) in [7, 11) is 0. The Morgan fingerprint density at radius 2 is 2.21 bits per heavy atom. The molecule has 0 radical (unpaired) electrons. The molecule has 0 bridgehead atoms. The van der Waals surface area contributed by atoms with E-state index in [1.807, 2.05) is 32.1 Å². The first-order chi connectivity index (χ1) is 9.06. The van der Waals surface area contributed by atoms with Gasteiger partial charge in [0.25, 0.3) is 0 Å². The zero-order valence-electron chi connectivity index (χ0n) is 11.4. The Bertz CT molecular complexity index is 424. The van der Waals surface area contributed by atoms with Crippen LogP contribution in [0.4, 0.5) is 0 Å². The van der Waals surface area contributed by atoms with Crippen LogP contribution < -0.4 is 10.6 Å². The Hall–Kier alpha value is -1.91. The molecule has 1 unspecified atom stereocenters. The van der Waals surface area contributed by atoms with Crippen molar-refractivity contribution in [2.45, 2.75) is 45.6 Å². The van der Waals surface area contributed by atoms with Crippen LogP contribution in [0.3, 0.4) is 0 Å². The minimum Gasteiger partial charge on any atom is -0.344 e. The third kappa shape index (κ3) is 5.07. The van der Waals surface area contributed by atoms with Crippen molar-refractivity contribution in [2.75, 3.05) is 0 Å². The number of hydrogen-bond acceptors (Lipinski definition) is 3. The van der Waals surface area contributed by atoms with Crippen LogP contribution in [0.25, 0.3) is 0 Å². The van der Waals surface area contributed by atoms with E-state index in [2.05, 4.69) is 10.6 Å². The van der Waals surface area contributed by atoms with Crippen LogP contribution in [0, 0.1) is 0 Å². The maximum Gasteiger partial charge on any atom is 0.249 e. The SMILES string of the molecule is C/C=C(\C=C/CC)CC(=O)NC1CCC(=O)NC1=O. The second-order valence-corrected chi connectivity index (χ2v) is 4.42. The summed E-state index contributed by atoms with van der Waals surface area (Å²) in [4.78, 5) is 34.3. The van der Waals surface area contributed by atoms with Crippen LogP contribution in [0.1, 0.15) is 39.5 Å². The third-order valence-electron chi connectivity index (χ3n) is 2.88. The van der Waals surface area contributed by atoms with Gasteiger partial charge in [-0.1, -0.05) is 25.2 Å². The predicted octanol–water partition coefficient (Wildman–Crippen LogP) is 1.21. The highest BCUT2D eigenvalue weighted by Crippen LogP contribution is 2.08. The van der Waals surface area contributed by atoms with Crippen molar-refractivity contribution >= 4 is 17.7 Å². The van der Waals surface area contributed by atoms with Crippen LogP contribution in [-0.4, -0.2) is 23.8 Å². The van der Waals surface area contributed by atoms with Crippen molar-refractivity contribution < 1.29 is 14.4 Å². The van der Waals surface area contributed by atoms with E-state index in [1.165, 1.54) is 0 Å². The van der Waals surface area contributed by atoms with Gasteiger partial charge >= 0.3 is 0 Å². The highest BCUT2D eigenvalue weighted by atomic mass is 16.2. The lowest BCUT2D eigenvalue weighted by atomic mass is 10.1. The van der Waals surface area contributed by atoms with E-state index in [0.29, 0.717) is 6.42 Å². The molecule has 1 rings (SSSR count). The molecule has 0 aliphatic carbocycles. The smallest absolute Gasteiger partial charge is 0.249 e. The van der Waals surface area contributed by atoms with Crippen molar-refractivity contribution in [2.24, 2.45) is 0 Å². The normalized spacial score (nSPS) is 20.5. The summed E-state index contributed by atoms with van der Waals surface area (Å²) in [6.07, 6.45) is 7.54. The molecule has 0 aromatic rings. The second kappa shape index (κ2) is 7.51. The maximum atomic E-state index is 11.8. The van der Waals surface area contributed by atoms with Crippen molar-refractivity contribution in [1.29, 1.82) is 0 Å². The lowest BCUT2D eigenvalue weighted by Crippen LogP contribution is -2.52. The summed E-state index contributed by atoms with van der Waals surface area (Å²) in [5.74, 6) is -0.908. The molecule has 1 heterocycles. The first-order valence-corrected chi connectivity index (χ1v) is 6.51. The van der Waals surface area contributed by atoms with E-state index >= 15 is 0 Å². The van der Waals surface area contributed by atoms with Crippen LogP contribution in [-0.2, 0) is 14.4 Å². The second-order valence-electron chi connectivity index (χ2n) is 4.42. The molecule has 1 aliphatic heterocycles. The van der Waals surface area contributed by atoms with Gasteiger partial charge in [0.2, 0.25) is 17.7 Å². The number of imide groups is 1. The summed E-state index contributed by atoms with van der Waals surface area (Å²) >= 11 is 0. The Labute approximate surface area is 113 Å². The van der Waals surface area contributed by atoms with Gasteiger partial charge in [-0.3, -0.25) is 19.7 Å². The van der Waals surface area contributed by atoms with Gasteiger partial charge in [-0.15, -0.1) is 0 Å². The van der Waals surface area contributed by atoms with E-state index in [4.69, 9.17) is 0 Å². The van der Waals surface area contributed by atoms with Gasteiger partial charge in [-0.05, 0) is 25.3 Å². The zero-order valence-corrected chi connectivity index (χ0v) is 11.4. The number of amides is 3. The van der Waals surface area contributed by atoms with Gasteiger partial charge in [-0.2, -0.15) is 0 Å². The lowest BCUT2D eigenvalue weighted by Gasteiger charge is -2.21. The third-order valence-corrected chi connectivity index (χ3v) is 2.88. The Kier molecular flexibility index (Phi) is 5.99. The quantitative estimate of drug-likeness (QED) is 0.579. The van der Waals surface area contributed by atoms with Gasteiger partial charge in [0.1, 0.15) is 6.04 Å². The van der Waals surface area contributed by atoms with E-state index < -0.39 is 11.9 Å². The Balaban J connectivity index is 2.49. The minimum atomic E-state index is -0.599. The maximum absolute atomic E-state index is 11.8. The molecule has 19 heavy (non-hydrogen) atoms. The fraction of sp³-hybridized carbons (Fsp3) is 0.500. The van der Waals surface area contributed by atoms with Crippen molar-refractivity contribution in [3.8, 4) is 0 Å². The van der Waals surface area contributed by atoms with Crippen LogP contribution in [0.15, 0.2) is 23.8 Å². The molecule has 3 amide bonds. The molecular weight excluding hydrogens is 244 g/mol. The summed E-state index contributed by atoms with van der Waals surface area (Å²) < 4.78 is 0. The number of allylic oxidation sites excluding steroid dienone is 3. The van der Waals surface area contributed by atoms with E-state index in [1.54, 1.807) is 0 Å². The monoisotopic (exact) mass is 264 g/mol. The van der Waals surface area contributed by atoms with E-state index in [-0.39, 0.29) is 24.7 Å². The summed E-state index contributed by atoms with van der Waals surface area (Å²) in [5.41, 5.74) is 0.909. The van der Waals surface area contributed by atoms with Gasteiger partial charge in [0.15, 0.2) is 0 Å². The number of hydrogen-bond donors (Lipinski definition) is 2. The number of piperidine rings is 1. The lowest BCUT2D eigenvalue weighted by molar-refractivity contribution is -0.137. The summed E-state index contributed by atoms with van der Waals surface area (Å²) in [5, 5.41) is 4.87. The number of nitrogens with one attached hydrogen (secondary N) is 2. The molecule has 1 fully saturated rings. The van der Waals surface area contributed by atoms with Crippen LogP contribution >= 0.6 is 0 Å². The Morgan fingerprint density at radius 1 is 1.47 bits per heavy atom. The molecule has 0 spiro atoms. The van der Waals surface area contributed by atoms with Gasteiger partial charge in [-0.25, -0.2) is 0 Å². The molecule has 2 N–H and O–H groups in total. The first kappa shape index (κ1) is 15.1. The van der Waals surface area contributed by atoms with E-state index in [0.717, 1.165) is 12.0 Å². The topological polar surface area (TPSA) is 75.3 Å². The van der Waals surface area contributed by atoms with Crippen molar-refractivity contribution in [3.05, 3.63) is 23.8 Å². The molecule has 5 heteroatoms. The van der Waals surface area contributed by atoms with Crippen molar-refractivity contribution in [1.82, 2.24) is 10.6 Å². The predicted molar refractivity (Wildman–Crippen MR) is 72.1 cm³/mol. The summed E-state index contributed by atoms with van der Waals surface area (Å²) in [6.45, 7) is 3.89. The average molecular weight is 264 g/mol.